The summed E-state index contributed by atoms with van der Waals surface area (Å²) in [4.78, 5) is 33.7. The van der Waals surface area contributed by atoms with Crippen LogP contribution in [0.5, 0.6) is 11.5 Å². The summed E-state index contributed by atoms with van der Waals surface area (Å²) in [5.74, 6) is 1.21. The molecule has 0 bridgehead atoms. The molecule has 2 amide bonds. The summed E-state index contributed by atoms with van der Waals surface area (Å²) >= 11 is 0. The van der Waals surface area contributed by atoms with Gasteiger partial charge < -0.3 is 20.1 Å². The van der Waals surface area contributed by atoms with Gasteiger partial charge in [-0.1, -0.05) is 18.2 Å². The molecule has 2 aromatic heterocycles. The second-order valence-electron chi connectivity index (χ2n) is 8.06. The fourth-order valence-corrected chi connectivity index (χ4v) is 3.70. The van der Waals surface area contributed by atoms with Crippen LogP contribution < -0.4 is 20.1 Å². The number of aromatic nitrogens is 3. The molecule has 3 aromatic carbocycles. The first kappa shape index (κ1) is 23.6. The van der Waals surface area contributed by atoms with E-state index in [0.717, 1.165) is 11.0 Å². The highest BCUT2D eigenvalue weighted by molar-refractivity contribution is 6.04. The van der Waals surface area contributed by atoms with Crippen molar-refractivity contribution in [3.8, 4) is 17.3 Å². The van der Waals surface area contributed by atoms with E-state index in [0.29, 0.717) is 34.3 Å². The standard InChI is InChI=1S/C28H23N5O4/c1-36-23-6-4-5-20(15-23)31-27(34)17-37-22-12-9-19(10-13-22)28(35)32-21-11-14-26(29-16-21)33-18-30-24-7-2-3-8-25(24)33/h2-16,18H,17H2,1H3,(H,31,34)(H,32,35). The van der Waals surface area contributed by atoms with E-state index in [-0.39, 0.29) is 18.4 Å². The molecule has 9 heteroatoms. The third kappa shape index (κ3) is 5.57. The van der Waals surface area contributed by atoms with Crippen LogP contribution in [0.1, 0.15) is 10.4 Å². The number of rotatable bonds is 8. The zero-order valence-electron chi connectivity index (χ0n) is 19.9. The number of amides is 2. The Hall–Kier alpha value is -5.18. The Bertz CT molecular complexity index is 1550. The number of carbonyl (C=O) groups is 2. The van der Waals surface area contributed by atoms with Gasteiger partial charge in [-0.2, -0.15) is 0 Å². The van der Waals surface area contributed by atoms with Crippen molar-refractivity contribution in [3.05, 3.63) is 103 Å². The van der Waals surface area contributed by atoms with Crippen LogP contribution in [0.25, 0.3) is 16.9 Å². The number of ether oxygens (including phenoxy) is 2. The van der Waals surface area contributed by atoms with Gasteiger partial charge in [-0.15, -0.1) is 0 Å². The van der Waals surface area contributed by atoms with Crippen LogP contribution >= 0.6 is 0 Å². The third-order valence-electron chi connectivity index (χ3n) is 5.55. The summed E-state index contributed by atoms with van der Waals surface area (Å²) in [6, 6.07) is 25.0. The Morgan fingerprint density at radius 2 is 1.68 bits per heavy atom. The van der Waals surface area contributed by atoms with E-state index in [4.69, 9.17) is 9.47 Å². The van der Waals surface area contributed by atoms with Crippen molar-refractivity contribution in [3.63, 3.8) is 0 Å². The summed E-state index contributed by atoms with van der Waals surface area (Å²) in [5, 5.41) is 5.58. The molecule has 0 saturated heterocycles. The number of benzene rings is 3. The number of imidazole rings is 1. The number of methoxy groups -OCH3 is 1. The fraction of sp³-hybridized carbons (Fsp3) is 0.0714. The van der Waals surface area contributed by atoms with Crippen LogP contribution in [0.3, 0.4) is 0 Å². The van der Waals surface area contributed by atoms with Gasteiger partial charge in [-0.3, -0.25) is 14.2 Å². The number of nitrogens with zero attached hydrogens (tertiary/aromatic N) is 3. The van der Waals surface area contributed by atoms with Crippen LogP contribution in [-0.4, -0.2) is 40.1 Å². The van der Waals surface area contributed by atoms with Crippen molar-refractivity contribution in [1.82, 2.24) is 14.5 Å². The largest absolute Gasteiger partial charge is 0.497 e. The van der Waals surface area contributed by atoms with Gasteiger partial charge >= 0.3 is 0 Å². The predicted molar refractivity (Wildman–Crippen MR) is 140 cm³/mol. The van der Waals surface area contributed by atoms with Crippen molar-refractivity contribution >= 4 is 34.2 Å². The minimum Gasteiger partial charge on any atom is -0.497 e. The molecule has 0 radical (unpaired) electrons. The molecular formula is C28H23N5O4. The zero-order chi connectivity index (χ0) is 25.6. The molecule has 0 unspecified atom stereocenters. The van der Waals surface area contributed by atoms with Gasteiger partial charge in [-0.25, -0.2) is 9.97 Å². The van der Waals surface area contributed by atoms with E-state index in [1.807, 2.05) is 34.9 Å². The van der Waals surface area contributed by atoms with E-state index in [1.54, 1.807) is 74.2 Å². The lowest BCUT2D eigenvalue weighted by atomic mass is 10.2. The van der Waals surface area contributed by atoms with Crippen molar-refractivity contribution in [2.75, 3.05) is 24.4 Å². The highest BCUT2D eigenvalue weighted by atomic mass is 16.5. The molecular weight excluding hydrogens is 470 g/mol. The SMILES string of the molecule is COc1cccc(NC(=O)COc2ccc(C(=O)Nc3ccc(-n4cnc5ccccc54)nc3)cc2)c1. The summed E-state index contributed by atoms with van der Waals surface area (Å²) in [5.41, 5.74) is 3.45. The first-order valence-corrected chi connectivity index (χ1v) is 11.5. The maximum atomic E-state index is 12.7. The van der Waals surface area contributed by atoms with Crippen molar-refractivity contribution < 1.29 is 19.1 Å². The molecule has 9 nitrogen and oxygen atoms in total. The second-order valence-corrected chi connectivity index (χ2v) is 8.06. The minimum absolute atomic E-state index is 0.174. The molecule has 0 saturated carbocycles. The first-order valence-electron chi connectivity index (χ1n) is 11.5. The maximum absolute atomic E-state index is 12.7. The van der Waals surface area contributed by atoms with E-state index >= 15 is 0 Å². The lowest BCUT2D eigenvalue weighted by molar-refractivity contribution is -0.118. The number of para-hydroxylation sites is 2. The van der Waals surface area contributed by atoms with Gasteiger partial charge in [0.15, 0.2) is 6.61 Å². The van der Waals surface area contributed by atoms with E-state index < -0.39 is 0 Å². The molecule has 2 N–H and O–H groups in total. The Labute approximate surface area is 212 Å². The van der Waals surface area contributed by atoms with Crippen molar-refractivity contribution in [2.24, 2.45) is 0 Å². The molecule has 0 spiro atoms. The topological polar surface area (TPSA) is 107 Å². The molecule has 0 aliphatic carbocycles. The van der Waals surface area contributed by atoms with Gasteiger partial charge in [0, 0.05) is 17.3 Å². The molecule has 5 rings (SSSR count). The smallest absolute Gasteiger partial charge is 0.262 e. The van der Waals surface area contributed by atoms with Gasteiger partial charge in [0.2, 0.25) is 0 Å². The lowest BCUT2D eigenvalue weighted by Gasteiger charge is -2.10. The molecule has 37 heavy (non-hydrogen) atoms. The summed E-state index contributed by atoms with van der Waals surface area (Å²) in [6.07, 6.45) is 3.32. The van der Waals surface area contributed by atoms with Crippen molar-refractivity contribution in [1.29, 1.82) is 0 Å². The average Bonchev–Trinajstić information content (AvgIpc) is 3.37. The molecule has 184 valence electrons. The van der Waals surface area contributed by atoms with Crippen LogP contribution in [0.15, 0.2) is 97.5 Å². The number of anilines is 2. The second kappa shape index (κ2) is 10.6. The quantitative estimate of drug-likeness (QED) is 0.325. The maximum Gasteiger partial charge on any atom is 0.262 e. The summed E-state index contributed by atoms with van der Waals surface area (Å²) in [7, 11) is 1.56. The van der Waals surface area contributed by atoms with Crippen molar-refractivity contribution in [2.45, 2.75) is 0 Å². The van der Waals surface area contributed by atoms with Gasteiger partial charge in [0.25, 0.3) is 11.8 Å². The van der Waals surface area contributed by atoms with Crippen LogP contribution in [0.2, 0.25) is 0 Å². The number of carbonyl (C=O) groups excluding carboxylic acids is 2. The average molecular weight is 494 g/mol. The minimum atomic E-state index is -0.310. The van der Waals surface area contributed by atoms with Gasteiger partial charge in [0.1, 0.15) is 23.6 Å². The van der Waals surface area contributed by atoms with Crippen LogP contribution in [0.4, 0.5) is 11.4 Å². The Balaban J connectivity index is 1.15. The molecule has 0 aliphatic heterocycles. The van der Waals surface area contributed by atoms with E-state index in [9.17, 15) is 9.59 Å². The number of nitrogens with one attached hydrogen (secondary N) is 2. The highest BCUT2D eigenvalue weighted by Crippen LogP contribution is 2.19. The lowest BCUT2D eigenvalue weighted by Crippen LogP contribution is -2.20. The summed E-state index contributed by atoms with van der Waals surface area (Å²) in [6.45, 7) is -0.174. The van der Waals surface area contributed by atoms with Gasteiger partial charge in [-0.05, 0) is 60.7 Å². The molecule has 0 atom stereocenters. The molecule has 2 heterocycles. The molecule has 0 aliphatic rings. The Morgan fingerprint density at radius 3 is 2.46 bits per heavy atom. The Kier molecular flexibility index (Phi) is 6.76. The summed E-state index contributed by atoms with van der Waals surface area (Å²) < 4.78 is 12.6. The number of hydrogen-bond donors (Lipinski definition) is 2. The normalized spacial score (nSPS) is 10.6. The van der Waals surface area contributed by atoms with Gasteiger partial charge in [0.05, 0.1) is 30.0 Å². The van der Waals surface area contributed by atoms with E-state index in [2.05, 4.69) is 20.6 Å². The monoisotopic (exact) mass is 493 g/mol. The number of fused-ring (bicyclic) bond motifs is 1. The van der Waals surface area contributed by atoms with Crippen LogP contribution in [0, 0.1) is 0 Å². The molecule has 0 fully saturated rings. The predicted octanol–water partition coefficient (Wildman–Crippen LogP) is 4.70. The third-order valence-corrected chi connectivity index (χ3v) is 5.55. The first-order chi connectivity index (χ1) is 18.1. The number of hydrogen-bond acceptors (Lipinski definition) is 6. The van der Waals surface area contributed by atoms with Crippen LogP contribution in [-0.2, 0) is 4.79 Å². The van der Waals surface area contributed by atoms with E-state index in [1.165, 1.54) is 0 Å². The fourth-order valence-electron chi connectivity index (χ4n) is 3.70. The zero-order valence-corrected chi connectivity index (χ0v) is 19.9. The Morgan fingerprint density at radius 1 is 0.838 bits per heavy atom. The number of pyridine rings is 1. The molecule has 5 aromatic rings. The highest BCUT2D eigenvalue weighted by Gasteiger charge is 2.10.